The smallest absolute Gasteiger partial charge is 0.341 e. The first-order valence-corrected chi connectivity index (χ1v) is 18.2. The third-order valence-corrected chi connectivity index (χ3v) is 18.6. The van der Waals surface area contributed by atoms with Gasteiger partial charge in [-0.1, -0.05) is 119 Å². The van der Waals surface area contributed by atoms with Crippen LogP contribution in [0.1, 0.15) is 113 Å². The van der Waals surface area contributed by atoms with Crippen molar-refractivity contribution in [3.05, 3.63) is 66.0 Å². The van der Waals surface area contributed by atoms with Crippen molar-refractivity contribution >= 4 is 17.1 Å². The van der Waals surface area contributed by atoms with E-state index >= 15 is 0 Å². The lowest BCUT2D eigenvalue weighted by Crippen LogP contribution is -2.68. The quantitative estimate of drug-likeness (QED) is 0.208. The molecular weight excluding hydrogens is 517 g/mol. The Hall–Kier alpha value is -1.36. The van der Waals surface area contributed by atoms with E-state index in [9.17, 15) is 4.80 Å². The van der Waals surface area contributed by atoms with Crippen molar-refractivity contribution in [3.63, 3.8) is 0 Å². The fraction of sp³-hybridized carbons (Fsp3) is 0.656. The van der Waals surface area contributed by atoms with Crippen LogP contribution >= 0.6 is 0 Å². The van der Waals surface area contributed by atoms with Crippen LogP contribution in [0.25, 0.3) is 0 Å². The molecule has 1 heterocycles. The topological polar surface area (TPSA) is 63.6 Å². The van der Waals surface area contributed by atoms with Crippen LogP contribution in [0.5, 0.6) is 0 Å². The van der Waals surface area contributed by atoms with Gasteiger partial charge in [0.05, 0.1) is 11.8 Å². The van der Waals surface area contributed by atoms with E-state index in [4.69, 9.17) is 13.5 Å². The first-order chi connectivity index (χ1) is 17.8. The number of hydrogen-bond acceptors (Lipinski definition) is 5. The number of nitrogens with zero attached hydrogens (tertiary/aromatic N) is 1. The predicted molar refractivity (Wildman–Crippen MR) is 169 cm³/mol. The van der Waals surface area contributed by atoms with Crippen molar-refractivity contribution in [1.29, 1.82) is 0 Å². The molecular formula is C32H56N2O3Si2. The van der Waals surface area contributed by atoms with Gasteiger partial charge in [0.1, 0.15) is 0 Å². The molecule has 0 bridgehead atoms. The summed E-state index contributed by atoms with van der Waals surface area (Å²) in [5.74, 6) is 0. The average molecular weight is 573 g/mol. The lowest BCUT2D eigenvalue weighted by molar-refractivity contribution is 0.0892. The van der Waals surface area contributed by atoms with E-state index < -0.39 is 27.2 Å². The van der Waals surface area contributed by atoms with Crippen LogP contribution in [-0.4, -0.2) is 33.4 Å². The molecule has 0 spiro atoms. The molecule has 1 atom stereocenters. The summed E-state index contributed by atoms with van der Waals surface area (Å²) in [7, 11) is -6.52. The SMILES string of the molecule is CC(C)(C)[Si](O)(O[Si](OC(CCCNCc1ccccc1)c1ccccn1)(C(C)(C)C)C(C)(C)C)C(C)(C)C. The molecule has 0 fully saturated rings. The first kappa shape index (κ1) is 33.8. The molecule has 0 radical (unpaired) electrons. The summed E-state index contributed by atoms with van der Waals surface area (Å²) in [6.07, 6.45) is 3.36. The van der Waals surface area contributed by atoms with E-state index in [2.05, 4.69) is 119 Å². The Morgan fingerprint density at radius 1 is 0.769 bits per heavy atom. The zero-order chi connectivity index (χ0) is 29.8. The highest BCUT2D eigenvalue weighted by atomic mass is 28.5. The number of pyridine rings is 1. The number of benzene rings is 1. The maximum atomic E-state index is 12.5. The summed E-state index contributed by atoms with van der Waals surface area (Å²) < 4.78 is 14.8. The van der Waals surface area contributed by atoms with Crippen molar-refractivity contribution in [2.45, 2.75) is 129 Å². The van der Waals surface area contributed by atoms with Gasteiger partial charge in [-0.15, -0.1) is 0 Å². The Balaban J connectivity index is 2.46. The minimum absolute atomic E-state index is 0.229. The minimum atomic E-state index is -3.35. The van der Waals surface area contributed by atoms with Crippen molar-refractivity contribution in [3.8, 4) is 0 Å². The van der Waals surface area contributed by atoms with Crippen molar-refractivity contribution < 1.29 is 13.3 Å². The molecule has 2 aromatic rings. The molecule has 39 heavy (non-hydrogen) atoms. The van der Waals surface area contributed by atoms with Gasteiger partial charge in [-0.05, 0) is 37.1 Å². The number of rotatable bonds is 11. The molecule has 1 unspecified atom stereocenters. The van der Waals surface area contributed by atoms with Gasteiger partial charge in [-0.3, -0.25) is 4.98 Å². The zero-order valence-electron chi connectivity index (χ0n) is 26.8. The predicted octanol–water partition coefficient (Wildman–Crippen LogP) is 8.80. The Bertz CT molecular complexity index is 976. The third-order valence-electron chi connectivity index (χ3n) is 7.62. The lowest BCUT2D eigenvalue weighted by atomic mass is 10.1. The van der Waals surface area contributed by atoms with Gasteiger partial charge in [-0.2, -0.15) is 0 Å². The van der Waals surface area contributed by atoms with Gasteiger partial charge in [-0.25, -0.2) is 0 Å². The number of hydrogen-bond donors (Lipinski definition) is 2. The summed E-state index contributed by atoms with van der Waals surface area (Å²) in [5, 5.41) is 2.18. The number of nitrogens with one attached hydrogen (secondary N) is 1. The Morgan fingerprint density at radius 3 is 1.77 bits per heavy atom. The molecule has 220 valence electrons. The van der Waals surface area contributed by atoms with Gasteiger partial charge in [0.2, 0.25) is 0 Å². The van der Waals surface area contributed by atoms with E-state index in [1.54, 1.807) is 0 Å². The monoisotopic (exact) mass is 572 g/mol. The normalized spacial score (nSPS) is 14.9. The highest BCUT2D eigenvalue weighted by Gasteiger charge is 2.67. The second-order valence-electron chi connectivity index (χ2n) is 15.0. The van der Waals surface area contributed by atoms with Crippen LogP contribution < -0.4 is 5.32 Å². The molecule has 7 heteroatoms. The molecule has 0 aliphatic carbocycles. The van der Waals surface area contributed by atoms with E-state index in [0.717, 1.165) is 31.6 Å². The van der Waals surface area contributed by atoms with Crippen LogP contribution in [0.2, 0.25) is 20.2 Å². The van der Waals surface area contributed by atoms with Crippen LogP contribution in [0.4, 0.5) is 0 Å². The van der Waals surface area contributed by atoms with Crippen molar-refractivity contribution in [1.82, 2.24) is 10.3 Å². The van der Waals surface area contributed by atoms with Crippen molar-refractivity contribution in [2.75, 3.05) is 6.54 Å². The van der Waals surface area contributed by atoms with Crippen LogP contribution in [0, 0.1) is 0 Å². The third kappa shape index (κ3) is 8.11. The zero-order valence-corrected chi connectivity index (χ0v) is 28.8. The summed E-state index contributed by atoms with van der Waals surface area (Å²) in [6.45, 7) is 27.8. The largest absolute Gasteiger partial charge is 0.413 e. The summed E-state index contributed by atoms with van der Waals surface area (Å²) in [6, 6.07) is 16.5. The molecule has 1 aromatic carbocycles. The first-order valence-electron chi connectivity index (χ1n) is 14.5. The second kappa shape index (κ2) is 12.7. The fourth-order valence-corrected chi connectivity index (χ4v) is 18.3. The van der Waals surface area contributed by atoms with Gasteiger partial charge in [0.15, 0.2) is 0 Å². The Labute approximate surface area is 241 Å². The highest BCUT2D eigenvalue weighted by molar-refractivity contribution is 6.86. The van der Waals surface area contributed by atoms with Crippen LogP contribution in [0.3, 0.4) is 0 Å². The van der Waals surface area contributed by atoms with Crippen LogP contribution in [-0.2, 0) is 15.1 Å². The van der Waals surface area contributed by atoms with E-state index in [1.165, 1.54) is 5.56 Å². The standard InChI is InChI=1S/C32H56N2O3Si2/c1-29(2,3)38(35,30(4,5)6)37-39(31(7,8)9,32(10,11)12)36-28(27-21-16-17-24-34-27)22-18-23-33-25-26-19-14-13-15-20-26/h13-17,19-21,24,28,33,35H,18,22-23,25H2,1-12H3. The van der Waals surface area contributed by atoms with Gasteiger partial charge in [0, 0.05) is 32.9 Å². The molecule has 5 nitrogen and oxygen atoms in total. The van der Waals surface area contributed by atoms with Gasteiger partial charge < -0.3 is 18.7 Å². The minimum Gasteiger partial charge on any atom is -0.413 e. The lowest BCUT2D eigenvalue weighted by Gasteiger charge is -2.57. The van der Waals surface area contributed by atoms with E-state index in [0.29, 0.717) is 0 Å². The number of aromatic nitrogens is 1. The van der Waals surface area contributed by atoms with Crippen LogP contribution in [0.15, 0.2) is 54.7 Å². The van der Waals surface area contributed by atoms with Gasteiger partial charge >= 0.3 is 17.1 Å². The molecule has 1 aromatic heterocycles. The molecule has 2 rings (SSSR count). The maximum Gasteiger partial charge on any atom is 0.341 e. The second-order valence-corrected chi connectivity index (χ2v) is 24.6. The van der Waals surface area contributed by atoms with Gasteiger partial charge in [0.25, 0.3) is 0 Å². The summed E-state index contributed by atoms with van der Waals surface area (Å²) in [4.78, 5) is 17.3. The molecule has 0 saturated carbocycles. The molecule has 2 N–H and O–H groups in total. The molecule has 0 amide bonds. The van der Waals surface area contributed by atoms with Crippen molar-refractivity contribution in [2.24, 2.45) is 0 Å². The Morgan fingerprint density at radius 2 is 1.31 bits per heavy atom. The fourth-order valence-electron chi connectivity index (χ4n) is 5.72. The summed E-state index contributed by atoms with van der Waals surface area (Å²) >= 11 is 0. The maximum absolute atomic E-state index is 12.5. The highest BCUT2D eigenvalue weighted by Crippen LogP contribution is 2.60. The average Bonchev–Trinajstić information content (AvgIpc) is 2.80. The van der Waals surface area contributed by atoms with E-state index in [-0.39, 0.29) is 16.2 Å². The molecule has 0 aliphatic rings. The van der Waals surface area contributed by atoms with E-state index in [1.807, 2.05) is 24.4 Å². The Kier molecular flexibility index (Phi) is 11.0. The molecule has 0 saturated heterocycles. The molecule has 0 aliphatic heterocycles. The summed E-state index contributed by atoms with van der Waals surface area (Å²) in [5.41, 5.74) is 2.20.